The molecule has 0 aliphatic rings. The van der Waals surface area contributed by atoms with Crippen molar-refractivity contribution in [3.63, 3.8) is 0 Å². The van der Waals surface area contributed by atoms with E-state index in [1.165, 1.54) is 12.1 Å². The molecule has 0 spiro atoms. The van der Waals surface area contributed by atoms with Crippen molar-refractivity contribution >= 4 is 17.3 Å². The summed E-state index contributed by atoms with van der Waals surface area (Å²) in [5.41, 5.74) is 6.95. The van der Waals surface area contributed by atoms with Crippen molar-refractivity contribution < 1.29 is 13.9 Å². The van der Waals surface area contributed by atoms with E-state index in [0.717, 1.165) is 12.0 Å². The van der Waals surface area contributed by atoms with Crippen molar-refractivity contribution in [2.75, 3.05) is 12.3 Å². The first kappa shape index (κ1) is 15.4. The van der Waals surface area contributed by atoms with Gasteiger partial charge in [-0.3, -0.25) is 0 Å². The summed E-state index contributed by atoms with van der Waals surface area (Å²) in [6.45, 7) is 2.71. The smallest absolute Gasteiger partial charge is 0.167 e. The molecule has 2 aromatic carbocycles. The number of rotatable bonds is 6. The van der Waals surface area contributed by atoms with Gasteiger partial charge < -0.3 is 15.2 Å². The highest BCUT2D eigenvalue weighted by atomic mass is 35.5. The Bertz CT molecular complexity index is 602. The van der Waals surface area contributed by atoms with Crippen molar-refractivity contribution in [3.8, 4) is 11.5 Å². The number of hydrogen-bond acceptors (Lipinski definition) is 3. The third-order valence-electron chi connectivity index (χ3n) is 2.83. The summed E-state index contributed by atoms with van der Waals surface area (Å²) in [4.78, 5) is 0. The van der Waals surface area contributed by atoms with Crippen LogP contribution in [0.15, 0.2) is 36.4 Å². The highest BCUT2D eigenvalue weighted by Crippen LogP contribution is 2.31. The number of ether oxygens (including phenoxy) is 2. The van der Waals surface area contributed by atoms with Crippen LogP contribution in [0.25, 0.3) is 0 Å². The SMILES string of the molecule is CCCOc1cc(OCc2ccc(Cl)cc2)c(N)cc1F. The summed E-state index contributed by atoms with van der Waals surface area (Å²) >= 11 is 5.82. The molecule has 0 radical (unpaired) electrons. The minimum Gasteiger partial charge on any atom is -0.490 e. The van der Waals surface area contributed by atoms with Crippen LogP contribution in [0.3, 0.4) is 0 Å². The molecule has 21 heavy (non-hydrogen) atoms. The third-order valence-corrected chi connectivity index (χ3v) is 3.09. The van der Waals surface area contributed by atoms with Gasteiger partial charge in [0.05, 0.1) is 12.3 Å². The summed E-state index contributed by atoms with van der Waals surface area (Å²) < 4.78 is 24.6. The van der Waals surface area contributed by atoms with E-state index >= 15 is 0 Å². The van der Waals surface area contributed by atoms with Gasteiger partial charge in [-0.1, -0.05) is 30.7 Å². The fraction of sp³-hybridized carbons (Fsp3) is 0.250. The molecule has 0 amide bonds. The van der Waals surface area contributed by atoms with Gasteiger partial charge in [-0.2, -0.15) is 0 Å². The van der Waals surface area contributed by atoms with Crippen LogP contribution in [0.4, 0.5) is 10.1 Å². The van der Waals surface area contributed by atoms with Crippen LogP contribution in [0.5, 0.6) is 11.5 Å². The first-order chi connectivity index (χ1) is 10.1. The fourth-order valence-electron chi connectivity index (χ4n) is 1.74. The number of halogens is 2. The Morgan fingerprint density at radius 2 is 1.81 bits per heavy atom. The van der Waals surface area contributed by atoms with Crippen LogP contribution in [0.1, 0.15) is 18.9 Å². The Morgan fingerprint density at radius 1 is 1.10 bits per heavy atom. The Kier molecular flexibility index (Phi) is 5.28. The molecule has 0 unspecified atom stereocenters. The minimum absolute atomic E-state index is 0.150. The van der Waals surface area contributed by atoms with Gasteiger partial charge in [-0.15, -0.1) is 0 Å². The Balaban J connectivity index is 2.09. The van der Waals surface area contributed by atoms with Crippen LogP contribution in [-0.2, 0) is 6.61 Å². The van der Waals surface area contributed by atoms with E-state index in [1.807, 2.05) is 19.1 Å². The van der Waals surface area contributed by atoms with Crippen molar-refractivity contribution in [1.29, 1.82) is 0 Å². The van der Waals surface area contributed by atoms with Crippen molar-refractivity contribution in [3.05, 3.63) is 52.8 Å². The van der Waals surface area contributed by atoms with Crippen molar-refractivity contribution in [2.45, 2.75) is 20.0 Å². The summed E-state index contributed by atoms with van der Waals surface area (Å²) in [6.07, 6.45) is 0.796. The van der Waals surface area contributed by atoms with Gasteiger partial charge in [0, 0.05) is 17.2 Å². The summed E-state index contributed by atoms with van der Waals surface area (Å²) in [6, 6.07) is 9.97. The normalized spacial score (nSPS) is 10.4. The first-order valence-corrected chi connectivity index (χ1v) is 7.07. The zero-order valence-electron chi connectivity index (χ0n) is 11.7. The summed E-state index contributed by atoms with van der Waals surface area (Å²) in [5, 5.41) is 0.662. The average Bonchev–Trinajstić information content (AvgIpc) is 2.47. The molecule has 0 bridgehead atoms. The standard InChI is InChI=1S/C16H17ClFNO2/c1-2-7-20-15-9-16(14(19)8-13(15)18)21-10-11-3-5-12(17)6-4-11/h3-6,8-9H,2,7,10,19H2,1H3. The third kappa shape index (κ3) is 4.26. The maximum absolute atomic E-state index is 13.7. The second-order valence-corrected chi connectivity index (χ2v) is 5.02. The van der Waals surface area contributed by atoms with Gasteiger partial charge in [-0.05, 0) is 24.1 Å². The molecule has 0 atom stereocenters. The van der Waals surface area contributed by atoms with Gasteiger partial charge in [-0.25, -0.2) is 4.39 Å². The number of nitrogen functional groups attached to an aromatic ring is 1. The highest BCUT2D eigenvalue weighted by Gasteiger charge is 2.10. The monoisotopic (exact) mass is 309 g/mol. The minimum atomic E-state index is -0.486. The van der Waals surface area contributed by atoms with Gasteiger partial charge in [0.2, 0.25) is 0 Å². The molecule has 0 heterocycles. The van der Waals surface area contributed by atoms with Crippen LogP contribution < -0.4 is 15.2 Å². The van der Waals surface area contributed by atoms with Crippen LogP contribution in [-0.4, -0.2) is 6.61 Å². The van der Waals surface area contributed by atoms with Crippen molar-refractivity contribution in [2.24, 2.45) is 0 Å². The lowest BCUT2D eigenvalue weighted by atomic mass is 10.2. The van der Waals surface area contributed by atoms with E-state index in [4.69, 9.17) is 26.8 Å². The molecular weight excluding hydrogens is 293 g/mol. The van der Waals surface area contributed by atoms with E-state index in [0.29, 0.717) is 24.0 Å². The molecule has 5 heteroatoms. The number of nitrogens with two attached hydrogens (primary N) is 1. The fourth-order valence-corrected chi connectivity index (χ4v) is 1.87. The van der Waals surface area contributed by atoms with Crippen LogP contribution >= 0.6 is 11.6 Å². The summed E-state index contributed by atoms with van der Waals surface area (Å²) in [7, 11) is 0. The molecule has 0 fully saturated rings. The maximum atomic E-state index is 13.7. The largest absolute Gasteiger partial charge is 0.490 e. The second kappa shape index (κ2) is 7.18. The lowest BCUT2D eigenvalue weighted by molar-refractivity contribution is 0.287. The van der Waals surface area contributed by atoms with E-state index in [9.17, 15) is 4.39 Å². The lowest BCUT2D eigenvalue weighted by Gasteiger charge is -2.12. The summed E-state index contributed by atoms with van der Waals surface area (Å²) in [5.74, 6) is 0.0643. The second-order valence-electron chi connectivity index (χ2n) is 4.58. The van der Waals surface area contributed by atoms with Gasteiger partial charge in [0.15, 0.2) is 11.6 Å². The molecule has 0 aliphatic heterocycles. The molecular formula is C16H17ClFNO2. The van der Waals surface area contributed by atoms with Crippen LogP contribution in [0.2, 0.25) is 5.02 Å². The zero-order valence-corrected chi connectivity index (χ0v) is 12.5. The molecule has 2 N–H and O–H groups in total. The molecule has 3 nitrogen and oxygen atoms in total. The van der Waals surface area contributed by atoms with Gasteiger partial charge in [0.1, 0.15) is 12.4 Å². The van der Waals surface area contributed by atoms with E-state index < -0.39 is 5.82 Å². The maximum Gasteiger partial charge on any atom is 0.167 e. The molecule has 0 saturated carbocycles. The first-order valence-electron chi connectivity index (χ1n) is 6.69. The topological polar surface area (TPSA) is 44.5 Å². The highest BCUT2D eigenvalue weighted by molar-refractivity contribution is 6.30. The predicted octanol–water partition coefficient (Wildman–Crippen LogP) is 4.43. The van der Waals surface area contributed by atoms with E-state index in [-0.39, 0.29) is 11.4 Å². The molecule has 0 saturated heterocycles. The lowest BCUT2D eigenvalue weighted by Crippen LogP contribution is -2.02. The molecule has 112 valence electrons. The molecule has 0 aromatic heterocycles. The van der Waals surface area contributed by atoms with E-state index in [2.05, 4.69) is 0 Å². The molecule has 0 aliphatic carbocycles. The van der Waals surface area contributed by atoms with Gasteiger partial charge in [0.25, 0.3) is 0 Å². The van der Waals surface area contributed by atoms with Crippen LogP contribution in [0, 0.1) is 5.82 Å². The quantitative estimate of drug-likeness (QED) is 0.803. The van der Waals surface area contributed by atoms with Gasteiger partial charge >= 0.3 is 0 Å². The zero-order chi connectivity index (χ0) is 15.2. The predicted molar refractivity (Wildman–Crippen MR) is 82.4 cm³/mol. The Morgan fingerprint density at radius 3 is 2.48 bits per heavy atom. The number of benzene rings is 2. The number of hydrogen-bond donors (Lipinski definition) is 1. The van der Waals surface area contributed by atoms with Crippen molar-refractivity contribution in [1.82, 2.24) is 0 Å². The van der Waals surface area contributed by atoms with E-state index in [1.54, 1.807) is 12.1 Å². The number of anilines is 1. The molecule has 2 rings (SSSR count). The Hall–Kier alpha value is -1.94. The Labute approximate surface area is 128 Å². The average molecular weight is 310 g/mol. The molecule has 2 aromatic rings.